The number of aromatic nitrogens is 2. The second kappa shape index (κ2) is 12.0. The van der Waals surface area contributed by atoms with Gasteiger partial charge >= 0.3 is 5.97 Å². The zero-order valence-electron chi connectivity index (χ0n) is 19.2. The molecule has 1 aliphatic carbocycles. The van der Waals surface area contributed by atoms with Crippen LogP contribution in [0.5, 0.6) is 0 Å². The van der Waals surface area contributed by atoms with Crippen molar-refractivity contribution in [3.63, 3.8) is 0 Å². The maximum atomic E-state index is 14.7. The van der Waals surface area contributed by atoms with E-state index in [2.05, 4.69) is 10.00 Å². The van der Waals surface area contributed by atoms with Crippen LogP contribution >= 0.6 is 25.0 Å². The summed E-state index contributed by atoms with van der Waals surface area (Å²) in [6, 6.07) is 7.90. The summed E-state index contributed by atoms with van der Waals surface area (Å²) >= 11 is 4.76. The van der Waals surface area contributed by atoms with Gasteiger partial charge in [-0.3, -0.25) is 19.2 Å². The van der Waals surface area contributed by atoms with E-state index < -0.39 is 6.04 Å². The Balaban J connectivity index is 0.00000324. The van der Waals surface area contributed by atoms with Gasteiger partial charge in [-0.1, -0.05) is 18.2 Å². The molecule has 0 amide bonds. The number of halogens is 2. The van der Waals surface area contributed by atoms with Crippen molar-refractivity contribution in [1.29, 1.82) is 0 Å². The minimum absolute atomic E-state index is 0. The number of nitrogens with zero attached hydrogens (tertiary/aromatic N) is 3. The number of hydrogen-bond acceptors (Lipinski definition) is 6. The third-order valence-corrected chi connectivity index (χ3v) is 6.75. The summed E-state index contributed by atoms with van der Waals surface area (Å²) in [5.41, 5.74) is 2.27. The first-order valence-corrected chi connectivity index (χ1v) is 12.1. The quantitative estimate of drug-likeness (QED) is 0.400. The molecule has 0 unspecified atom stereocenters. The van der Waals surface area contributed by atoms with Gasteiger partial charge in [0.1, 0.15) is 5.82 Å². The molecule has 2 heterocycles. The lowest BCUT2D eigenvalue weighted by atomic mass is 9.93. The summed E-state index contributed by atoms with van der Waals surface area (Å²) in [5, 5.41) is 4.58. The number of hydrogen-bond donors (Lipinski definition) is 1. The van der Waals surface area contributed by atoms with E-state index in [1.54, 1.807) is 29.8 Å². The van der Waals surface area contributed by atoms with Crippen LogP contribution in [0.15, 0.2) is 42.1 Å². The first-order valence-electron chi connectivity index (χ1n) is 11.6. The van der Waals surface area contributed by atoms with Crippen molar-refractivity contribution in [2.75, 3.05) is 19.7 Å². The number of piperidine rings is 1. The largest absolute Gasteiger partial charge is 0.466 e. The van der Waals surface area contributed by atoms with Gasteiger partial charge in [0.25, 0.3) is 0 Å². The predicted octanol–water partition coefficient (Wildman–Crippen LogP) is 4.51. The smallest absolute Gasteiger partial charge is 0.307 e. The zero-order valence-corrected chi connectivity index (χ0v) is 20.9. The number of ether oxygens (including phenoxy) is 1. The van der Waals surface area contributed by atoms with E-state index in [9.17, 15) is 14.0 Å². The number of esters is 1. The molecule has 1 saturated heterocycles. The van der Waals surface area contributed by atoms with Crippen molar-refractivity contribution in [1.82, 2.24) is 14.7 Å². The predicted molar refractivity (Wildman–Crippen MR) is 135 cm³/mol. The van der Waals surface area contributed by atoms with Gasteiger partial charge in [-0.25, -0.2) is 4.39 Å². The van der Waals surface area contributed by atoms with Crippen molar-refractivity contribution >= 4 is 42.9 Å². The molecule has 1 aliphatic heterocycles. The maximum Gasteiger partial charge on any atom is 0.307 e. The highest BCUT2D eigenvalue weighted by Gasteiger charge is 2.40. The lowest BCUT2D eigenvalue weighted by Crippen LogP contribution is -2.42. The molecule has 0 bridgehead atoms. The molecule has 6 nitrogen and oxygen atoms in total. The molecular formula is C25H31ClFN3O3S. The molecule has 4 rings (SSSR count). The number of likely N-dealkylation sites (tertiary alicyclic amines) is 1. The number of aryl methyl sites for hydroxylation is 1. The summed E-state index contributed by atoms with van der Waals surface area (Å²) in [4.78, 5) is 26.8. The lowest BCUT2D eigenvalue weighted by Gasteiger charge is -2.37. The van der Waals surface area contributed by atoms with Gasteiger partial charge in [0.2, 0.25) is 0 Å². The molecule has 2 atom stereocenters. The molecule has 1 saturated carbocycles. The molecule has 2 aliphatic rings. The Morgan fingerprint density at radius 2 is 2.03 bits per heavy atom. The fraction of sp³-hybridized carbons (Fsp3) is 0.480. The molecule has 2 aromatic rings. The molecule has 2 fully saturated rings. The number of rotatable bonds is 9. The molecule has 1 aromatic carbocycles. The van der Waals surface area contributed by atoms with Crippen LogP contribution in [0.1, 0.15) is 49.9 Å². The van der Waals surface area contributed by atoms with Gasteiger partial charge in [-0.2, -0.15) is 17.7 Å². The van der Waals surface area contributed by atoms with Gasteiger partial charge in [-0.05, 0) is 50.0 Å². The van der Waals surface area contributed by atoms with Crippen LogP contribution in [-0.4, -0.2) is 51.4 Å². The topological polar surface area (TPSA) is 64.4 Å². The van der Waals surface area contributed by atoms with E-state index in [-0.39, 0.29) is 47.6 Å². The van der Waals surface area contributed by atoms with Crippen molar-refractivity contribution in [3.05, 3.63) is 59.2 Å². The molecular weight excluding hydrogens is 477 g/mol. The minimum Gasteiger partial charge on any atom is -0.466 e. The number of carbonyl (C=O) groups is 2. The molecule has 0 spiro atoms. The highest BCUT2D eigenvalue weighted by molar-refractivity contribution is 7.81. The van der Waals surface area contributed by atoms with Gasteiger partial charge in [-0.15, -0.1) is 12.4 Å². The van der Waals surface area contributed by atoms with Crippen LogP contribution < -0.4 is 0 Å². The van der Waals surface area contributed by atoms with E-state index in [4.69, 9.17) is 17.4 Å². The van der Waals surface area contributed by atoms with Crippen LogP contribution in [0.2, 0.25) is 0 Å². The van der Waals surface area contributed by atoms with E-state index in [1.807, 2.05) is 18.3 Å². The van der Waals surface area contributed by atoms with Crippen LogP contribution in [-0.2, 0) is 20.9 Å². The first kappa shape index (κ1) is 26.4. The third kappa shape index (κ3) is 6.49. The van der Waals surface area contributed by atoms with Gasteiger partial charge in [0.15, 0.2) is 5.78 Å². The van der Waals surface area contributed by atoms with Crippen molar-refractivity contribution in [3.8, 4) is 0 Å². The maximum absolute atomic E-state index is 14.7. The average Bonchev–Trinajstić information content (AvgIpc) is 3.56. The van der Waals surface area contributed by atoms with Gasteiger partial charge in [0, 0.05) is 36.0 Å². The Morgan fingerprint density at radius 1 is 1.26 bits per heavy atom. The second-order valence-electron chi connectivity index (χ2n) is 8.65. The first-order chi connectivity index (χ1) is 16.0. The van der Waals surface area contributed by atoms with Crippen molar-refractivity contribution < 1.29 is 18.7 Å². The van der Waals surface area contributed by atoms with E-state index in [0.717, 1.165) is 30.5 Å². The molecule has 0 radical (unpaired) electrons. The van der Waals surface area contributed by atoms with Crippen molar-refractivity contribution in [2.24, 2.45) is 5.92 Å². The average molecular weight is 508 g/mol. The number of benzene rings is 1. The van der Waals surface area contributed by atoms with E-state index in [0.29, 0.717) is 31.8 Å². The Kier molecular flexibility index (Phi) is 9.33. The van der Waals surface area contributed by atoms with Gasteiger partial charge in [0.05, 0.1) is 31.3 Å². The molecule has 1 aromatic heterocycles. The van der Waals surface area contributed by atoms with E-state index >= 15 is 0 Å². The Labute approximate surface area is 211 Å². The van der Waals surface area contributed by atoms with Crippen molar-refractivity contribution in [2.45, 2.75) is 50.4 Å². The Morgan fingerprint density at radius 3 is 2.74 bits per heavy atom. The van der Waals surface area contributed by atoms with Crippen LogP contribution in [0, 0.1) is 11.7 Å². The monoisotopic (exact) mass is 507 g/mol. The van der Waals surface area contributed by atoms with E-state index in [1.165, 1.54) is 6.07 Å². The standard InChI is InChI=1S/C25H30FN3O3S.ClH/c1-2-32-23(30)11-14-29-13-9-19(27-29)15-18-16-28(12-10-22(18)33)24(25(31)17-7-8-17)20-5-3-4-6-21(20)26;/h3-6,9,13,15,17,22,24,33H,2,7-8,10-12,14,16H2,1H3;1H/t22-,24-;/m1./s1. The second-order valence-corrected chi connectivity index (χ2v) is 9.28. The number of carbonyl (C=O) groups excluding carboxylic acids is 2. The Bertz CT molecular complexity index is 1040. The minimum atomic E-state index is -0.579. The number of ketones is 1. The third-order valence-electron chi connectivity index (χ3n) is 6.16. The normalized spacial score (nSPS) is 20.6. The fourth-order valence-electron chi connectivity index (χ4n) is 4.28. The summed E-state index contributed by atoms with van der Waals surface area (Å²) in [6.45, 7) is 3.81. The highest BCUT2D eigenvalue weighted by Crippen LogP contribution is 2.39. The molecule has 184 valence electrons. The highest BCUT2D eigenvalue weighted by atomic mass is 35.5. The number of thiol groups is 1. The number of Topliss-reactive ketones (excluding diaryl/α,β-unsaturated/α-hetero) is 1. The SMILES string of the molecule is CCOC(=O)CCn1ccc(C=C2CN([C@@H](C(=O)C3CC3)c3ccccc3F)CC[C@H]2S)n1.Cl. The molecule has 34 heavy (non-hydrogen) atoms. The Hall–Kier alpha value is -2.16. The molecule has 9 heteroatoms. The molecule has 0 N–H and O–H groups in total. The zero-order chi connectivity index (χ0) is 23.4. The van der Waals surface area contributed by atoms with Crippen LogP contribution in [0.25, 0.3) is 6.08 Å². The van der Waals surface area contributed by atoms with Crippen LogP contribution in [0.4, 0.5) is 4.39 Å². The summed E-state index contributed by atoms with van der Waals surface area (Å²) in [6.07, 6.45) is 6.63. The summed E-state index contributed by atoms with van der Waals surface area (Å²) in [5.74, 6) is -0.438. The van der Waals surface area contributed by atoms with Gasteiger partial charge < -0.3 is 4.74 Å². The lowest BCUT2D eigenvalue weighted by molar-refractivity contribution is -0.143. The summed E-state index contributed by atoms with van der Waals surface area (Å²) < 4.78 is 21.4. The fourth-order valence-corrected chi connectivity index (χ4v) is 4.55. The summed E-state index contributed by atoms with van der Waals surface area (Å²) in [7, 11) is 0. The van der Waals surface area contributed by atoms with Crippen LogP contribution in [0.3, 0.4) is 0 Å².